The number of hydrogen-bond donors (Lipinski definition) is 1. The van der Waals surface area contributed by atoms with E-state index in [1.165, 1.54) is 0 Å². The molecule has 0 amide bonds. The van der Waals surface area contributed by atoms with Crippen LogP contribution in [0.2, 0.25) is 0 Å². The first-order chi connectivity index (χ1) is 13.1. The molecule has 1 N–H and O–H groups in total. The molecule has 1 aliphatic rings. The topological polar surface area (TPSA) is 91.3 Å². The zero-order chi connectivity index (χ0) is 19.5. The van der Waals surface area contributed by atoms with Crippen LogP contribution in [-0.4, -0.2) is 49.6 Å². The molecule has 0 radical (unpaired) electrons. The van der Waals surface area contributed by atoms with Gasteiger partial charge in [0, 0.05) is 0 Å². The van der Waals surface area contributed by atoms with Gasteiger partial charge in [-0.3, -0.25) is 4.79 Å². The van der Waals surface area contributed by atoms with Gasteiger partial charge in [-0.15, -0.1) is 0 Å². The molecule has 7 nitrogen and oxygen atoms in total. The molecule has 1 fully saturated rings. The molecule has 1 aromatic carbocycles. The normalized spacial score (nSPS) is 19.4. The molecule has 0 aliphatic heterocycles. The van der Waals surface area contributed by atoms with Gasteiger partial charge in [-0.1, -0.05) is 12.1 Å². The molecule has 1 aliphatic carbocycles. The van der Waals surface area contributed by atoms with Gasteiger partial charge in [-0.2, -0.15) is 0 Å². The van der Waals surface area contributed by atoms with Crippen molar-refractivity contribution in [2.24, 2.45) is 5.92 Å². The third-order valence-electron chi connectivity index (χ3n) is 4.39. The average molecular weight is 380 g/mol. The van der Waals surface area contributed by atoms with Crippen molar-refractivity contribution in [2.45, 2.75) is 45.3 Å². The number of benzene rings is 1. The summed E-state index contributed by atoms with van der Waals surface area (Å²) in [5.41, 5.74) is 0.983. The van der Waals surface area contributed by atoms with Crippen molar-refractivity contribution in [1.82, 2.24) is 0 Å². The Morgan fingerprint density at radius 3 is 2.56 bits per heavy atom. The lowest BCUT2D eigenvalue weighted by molar-refractivity contribution is -0.149. The molecule has 0 unspecified atom stereocenters. The van der Waals surface area contributed by atoms with Crippen LogP contribution in [0.15, 0.2) is 24.3 Å². The van der Waals surface area contributed by atoms with Crippen LogP contribution < -0.4 is 4.74 Å². The first kappa shape index (κ1) is 21.2. The van der Waals surface area contributed by atoms with Gasteiger partial charge >= 0.3 is 11.9 Å². The second-order valence-corrected chi connectivity index (χ2v) is 6.49. The van der Waals surface area contributed by atoms with E-state index in [2.05, 4.69) is 0 Å². The van der Waals surface area contributed by atoms with Crippen LogP contribution in [0.4, 0.5) is 0 Å². The zero-order valence-electron chi connectivity index (χ0n) is 15.7. The summed E-state index contributed by atoms with van der Waals surface area (Å²) in [6.45, 7) is 3.15. The second kappa shape index (κ2) is 11.6. The maximum absolute atomic E-state index is 11.1. The maximum Gasteiger partial charge on any atom is 0.332 e. The lowest BCUT2D eigenvalue weighted by Crippen LogP contribution is -2.27. The molecule has 150 valence electrons. The molecule has 0 heterocycles. The van der Waals surface area contributed by atoms with E-state index in [4.69, 9.17) is 24.1 Å². The van der Waals surface area contributed by atoms with Gasteiger partial charge in [0.25, 0.3) is 0 Å². The highest BCUT2D eigenvalue weighted by molar-refractivity contribution is 5.70. The molecular weight excluding hydrogens is 352 g/mol. The smallest absolute Gasteiger partial charge is 0.332 e. The minimum absolute atomic E-state index is 0.0630. The van der Waals surface area contributed by atoms with Gasteiger partial charge in [0.15, 0.2) is 0 Å². The number of carbonyl (C=O) groups is 2. The van der Waals surface area contributed by atoms with Crippen molar-refractivity contribution in [3.8, 4) is 5.75 Å². The Morgan fingerprint density at radius 2 is 1.85 bits per heavy atom. The summed E-state index contributed by atoms with van der Waals surface area (Å²) in [5, 5.41) is 9.05. The third-order valence-corrected chi connectivity index (χ3v) is 4.39. The van der Waals surface area contributed by atoms with Gasteiger partial charge in [-0.05, 0) is 50.3 Å². The number of aliphatic carboxylic acids is 1. The summed E-state index contributed by atoms with van der Waals surface area (Å²) in [4.78, 5) is 22.1. The van der Waals surface area contributed by atoms with E-state index in [-0.39, 0.29) is 24.6 Å². The fraction of sp³-hybridized carbons (Fsp3) is 0.600. The van der Waals surface area contributed by atoms with Gasteiger partial charge in [-0.25, -0.2) is 4.79 Å². The summed E-state index contributed by atoms with van der Waals surface area (Å²) < 4.78 is 21.5. The molecule has 0 bridgehead atoms. The van der Waals surface area contributed by atoms with Gasteiger partial charge < -0.3 is 24.1 Å². The van der Waals surface area contributed by atoms with E-state index in [9.17, 15) is 9.59 Å². The van der Waals surface area contributed by atoms with Gasteiger partial charge in [0.2, 0.25) is 0 Å². The number of carboxylic acids is 1. The third kappa shape index (κ3) is 7.97. The van der Waals surface area contributed by atoms with Crippen LogP contribution in [0.3, 0.4) is 0 Å². The molecule has 0 saturated heterocycles. The lowest BCUT2D eigenvalue weighted by atomic mass is 9.87. The van der Waals surface area contributed by atoms with Crippen LogP contribution in [0, 0.1) is 5.92 Å². The summed E-state index contributed by atoms with van der Waals surface area (Å²) >= 11 is 0. The van der Waals surface area contributed by atoms with Crippen LogP contribution >= 0.6 is 0 Å². The standard InChI is InChI=1S/C20H28O7/c1-2-26-19(21)14-25-11-10-24-13-15-4-3-5-18(12-15)27-17-8-6-16(7-9-17)20(22)23/h3-5,12,16-17H,2,6-11,13-14H2,1H3,(H,22,23). The molecule has 0 atom stereocenters. The van der Waals surface area contributed by atoms with E-state index in [0.717, 1.165) is 24.2 Å². The average Bonchev–Trinajstić information content (AvgIpc) is 2.65. The largest absolute Gasteiger partial charge is 0.490 e. The highest BCUT2D eigenvalue weighted by Crippen LogP contribution is 2.28. The van der Waals surface area contributed by atoms with E-state index < -0.39 is 5.97 Å². The van der Waals surface area contributed by atoms with Crippen molar-refractivity contribution < 1.29 is 33.6 Å². The summed E-state index contributed by atoms with van der Waals surface area (Å²) in [7, 11) is 0. The SMILES string of the molecule is CCOC(=O)COCCOCc1cccc(OC2CCC(C(=O)O)CC2)c1. The summed E-state index contributed by atoms with van der Waals surface area (Å²) in [6.07, 6.45) is 2.90. The first-order valence-electron chi connectivity index (χ1n) is 9.38. The Hall–Kier alpha value is -2.12. The summed E-state index contributed by atoms with van der Waals surface area (Å²) in [6, 6.07) is 7.69. The Balaban J connectivity index is 1.65. The van der Waals surface area contributed by atoms with E-state index in [0.29, 0.717) is 39.3 Å². The molecule has 0 aromatic heterocycles. The van der Waals surface area contributed by atoms with E-state index >= 15 is 0 Å². The monoisotopic (exact) mass is 380 g/mol. The molecule has 7 heteroatoms. The van der Waals surface area contributed by atoms with Crippen molar-refractivity contribution in [3.63, 3.8) is 0 Å². The fourth-order valence-electron chi connectivity index (χ4n) is 2.99. The Morgan fingerprint density at radius 1 is 1.11 bits per heavy atom. The summed E-state index contributed by atoms with van der Waals surface area (Å²) in [5.74, 6) is -0.553. The number of rotatable bonds is 11. The van der Waals surface area contributed by atoms with Crippen molar-refractivity contribution in [1.29, 1.82) is 0 Å². The molecule has 1 aromatic rings. The molecule has 2 rings (SSSR count). The van der Waals surface area contributed by atoms with Crippen LogP contribution in [0.25, 0.3) is 0 Å². The predicted octanol–water partition coefficient (Wildman–Crippen LogP) is 2.81. The van der Waals surface area contributed by atoms with Crippen molar-refractivity contribution in [2.75, 3.05) is 26.4 Å². The van der Waals surface area contributed by atoms with Crippen molar-refractivity contribution >= 4 is 11.9 Å². The highest BCUT2D eigenvalue weighted by Gasteiger charge is 2.26. The number of hydrogen-bond acceptors (Lipinski definition) is 6. The number of ether oxygens (including phenoxy) is 4. The Kier molecular flexibility index (Phi) is 9.07. The fourth-order valence-corrected chi connectivity index (χ4v) is 2.99. The number of carboxylic acid groups (broad SMARTS) is 1. The van der Waals surface area contributed by atoms with E-state index in [1.807, 2.05) is 24.3 Å². The quantitative estimate of drug-likeness (QED) is 0.466. The number of esters is 1. The van der Waals surface area contributed by atoms with E-state index in [1.54, 1.807) is 6.92 Å². The molecule has 0 spiro atoms. The minimum atomic E-state index is -0.709. The van der Waals surface area contributed by atoms with Gasteiger partial charge in [0.1, 0.15) is 12.4 Å². The zero-order valence-corrected chi connectivity index (χ0v) is 15.7. The molecule has 1 saturated carbocycles. The van der Waals surface area contributed by atoms with Gasteiger partial charge in [0.05, 0.1) is 38.4 Å². The first-order valence-corrected chi connectivity index (χ1v) is 9.38. The lowest BCUT2D eigenvalue weighted by Gasteiger charge is -2.26. The minimum Gasteiger partial charge on any atom is -0.490 e. The van der Waals surface area contributed by atoms with Crippen LogP contribution in [0.1, 0.15) is 38.2 Å². The highest BCUT2D eigenvalue weighted by atomic mass is 16.6. The van der Waals surface area contributed by atoms with Crippen LogP contribution in [-0.2, 0) is 30.4 Å². The predicted molar refractivity (Wildman–Crippen MR) is 97.6 cm³/mol. The molecule has 27 heavy (non-hydrogen) atoms. The Bertz CT molecular complexity index is 594. The van der Waals surface area contributed by atoms with Crippen LogP contribution in [0.5, 0.6) is 5.75 Å². The second-order valence-electron chi connectivity index (χ2n) is 6.49. The number of carbonyl (C=O) groups excluding carboxylic acids is 1. The molecular formula is C20H28O7. The maximum atomic E-state index is 11.1. The van der Waals surface area contributed by atoms with Crippen molar-refractivity contribution in [3.05, 3.63) is 29.8 Å². The Labute approximate surface area is 159 Å².